The molecule has 21 heavy (non-hydrogen) atoms. The molecule has 1 amide bonds. The Morgan fingerprint density at radius 1 is 1.19 bits per heavy atom. The van der Waals surface area contributed by atoms with Crippen molar-refractivity contribution in [2.75, 3.05) is 6.54 Å². The zero-order valence-corrected chi connectivity index (χ0v) is 12.3. The van der Waals surface area contributed by atoms with E-state index in [0.29, 0.717) is 6.42 Å². The highest BCUT2D eigenvalue weighted by atomic mass is 19.4. The van der Waals surface area contributed by atoms with E-state index in [-0.39, 0.29) is 17.5 Å². The summed E-state index contributed by atoms with van der Waals surface area (Å²) in [4.78, 5) is 11.8. The van der Waals surface area contributed by atoms with Crippen LogP contribution in [-0.2, 0) is 6.18 Å². The summed E-state index contributed by atoms with van der Waals surface area (Å²) < 4.78 is 37.2. The van der Waals surface area contributed by atoms with Crippen LogP contribution in [0.1, 0.15) is 43.1 Å². The standard InChI is InChI=1S/C15H20F3NO2/c1-14(2,3)12(20)8-9-19-13(21)10-4-6-11(7-5-10)15(16,17)18/h4-7,12,20H,8-9H2,1-3H3,(H,19,21). The summed E-state index contributed by atoms with van der Waals surface area (Å²) in [5, 5.41) is 12.4. The molecule has 2 N–H and O–H groups in total. The lowest BCUT2D eigenvalue weighted by atomic mass is 9.87. The van der Waals surface area contributed by atoms with Crippen LogP contribution in [0.25, 0.3) is 0 Å². The lowest BCUT2D eigenvalue weighted by Gasteiger charge is -2.25. The number of amides is 1. The van der Waals surface area contributed by atoms with Crippen LogP contribution in [0.15, 0.2) is 24.3 Å². The molecule has 0 saturated heterocycles. The zero-order valence-electron chi connectivity index (χ0n) is 12.3. The van der Waals surface area contributed by atoms with Crippen molar-refractivity contribution in [1.82, 2.24) is 5.32 Å². The molecular formula is C15H20F3NO2. The van der Waals surface area contributed by atoms with Gasteiger partial charge < -0.3 is 10.4 Å². The Bertz CT molecular complexity index is 475. The maximum atomic E-state index is 12.4. The summed E-state index contributed by atoms with van der Waals surface area (Å²) in [6.07, 6.45) is -4.59. The lowest BCUT2D eigenvalue weighted by Crippen LogP contribution is -2.32. The Morgan fingerprint density at radius 3 is 2.14 bits per heavy atom. The molecule has 0 fully saturated rings. The molecule has 0 bridgehead atoms. The first-order valence-corrected chi connectivity index (χ1v) is 6.65. The van der Waals surface area contributed by atoms with Gasteiger partial charge in [-0.15, -0.1) is 0 Å². The number of rotatable bonds is 4. The van der Waals surface area contributed by atoms with Gasteiger partial charge in [-0.25, -0.2) is 0 Å². The zero-order chi connectivity index (χ0) is 16.3. The van der Waals surface area contributed by atoms with Crippen LogP contribution in [0.3, 0.4) is 0 Å². The maximum absolute atomic E-state index is 12.4. The number of aliphatic hydroxyl groups is 1. The van der Waals surface area contributed by atoms with Gasteiger partial charge in [0.2, 0.25) is 0 Å². The molecule has 1 atom stereocenters. The second-order valence-corrected chi connectivity index (χ2v) is 6.00. The fourth-order valence-corrected chi connectivity index (χ4v) is 1.67. The van der Waals surface area contributed by atoms with Gasteiger partial charge in [0, 0.05) is 12.1 Å². The van der Waals surface area contributed by atoms with Crippen molar-refractivity contribution < 1.29 is 23.1 Å². The fraction of sp³-hybridized carbons (Fsp3) is 0.533. The van der Waals surface area contributed by atoms with Crippen molar-refractivity contribution >= 4 is 5.91 Å². The third-order valence-corrected chi connectivity index (χ3v) is 3.18. The predicted octanol–water partition coefficient (Wildman–Crippen LogP) is 3.23. The van der Waals surface area contributed by atoms with Crippen molar-refractivity contribution in [3.05, 3.63) is 35.4 Å². The lowest BCUT2D eigenvalue weighted by molar-refractivity contribution is -0.137. The number of carbonyl (C=O) groups excluding carboxylic acids is 1. The van der Waals surface area contributed by atoms with E-state index in [1.54, 1.807) is 0 Å². The molecule has 6 heteroatoms. The van der Waals surface area contributed by atoms with Crippen LogP contribution in [-0.4, -0.2) is 23.7 Å². The average molecular weight is 303 g/mol. The van der Waals surface area contributed by atoms with Gasteiger partial charge >= 0.3 is 6.18 Å². The van der Waals surface area contributed by atoms with E-state index in [1.807, 2.05) is 20.8 Å². The fourth-order valence-electron chi connectivity index (χ4n) is 1.67. The molecule has 3 nitrogen and oxygen atoms in total. The number of benzene rings is 1. The van der Waals surface area contributed by atoms with E-state index < -0.39 is 23.8 Å². The van der Waals surface area contributed by atoms with E-state index in [2.05, 4.69) is 5.32 Å². The minimum absolute atomic E-state index is 0.160. The van der Waals surface area contributed by atoms with Gasteiger partial charge in [0.15, 0.2) is 0 Å². The van der Waals surface area contributed by atoms with Gasteiger partial charge in [0.05, 0.1) is 11.7 Å². The van der Waals surface area contributed by atoms with Gasteiger partial charge in [-0.05, 0) is 36.1 Å². The van der Waals surface area contributed by atoms with E-state index in [1.165, 1.54) is 0 Å². The molecule has 0 radical (unpaired) electrons. The van der Waals surface area contributed by atoms with Gasteiger partial charge in [-0.3, -0.25) is 4.79 Å². The van der Waals surface area contributed by atoms with Gasteiger partial charge in [0.25, 0.3) is 5.91 Å². The van der Waals surface area contributed by atoms with Crippen LogP contribution in [0.2, 0.25) is 0 Å². The topological polar surface area (TPSA) is 49.3 Å². The Morgan fingerprint density at radius 2 is 1.71 bits per heavy atom. The maximum Gasteiger partial charge on any atom is 0.416 e. The summed E-state index contributed by atoms with van der Waals surface area (Å²) in [7, 11) is 0. The molecule has 0 aromatic heterocycles. The molecule has 0 aliphatic heterocycles. The largest absolute Gasteiger partial charge is 0.416 e. The van der Waals surface area contributed by atoms with Crippen LogP contribution in [0.5, 0.6) is 0 Å². The third-order valence-electron chi connectivity index (χ3n) is 3.18. The molecule has 0 spiro atoms. The van der Waals surface area contributed by atoms with Gasteiger partial charge in [-0.2, -0.15) is 13.2 Å². The number of carbonyl (C=O) groups is 1. The first-order valence-electron chi connectivity index (χ1n) is 6.65. The van der Waals surface area contributed by atoms with E-state index in [4.69, 9.17) is 0 Å². The van der Waals surface area contributed by atoms with E-state index in [0.717, 1.165) is 24.3 Å². The highest BCUT2D eigenvalue weighted by molar-refractivity contribution is 5.94. The van der Waals surface area contributed by atoms with Crippen molar-refractivity contribution in [2.24, 2.45) is 5.41 Å². The number of alkyl halides is 3. The molecule has 1 aromatic carbocycles. The first kappa shape index (κ1) is 17.5. The van der Waals surface area contributed by atoms with Crippen LogP contribution in [0.4, 0.5) is 13.2 Å². The number of halogens is 3. The summed E-state index contributed by atoms with van der Waals surface area (Å²) in [5.41, 5.74) is -0.908. The summed E-state index contributed by atoms with van der Waals surface area (Å²) in [6.45, 7) is 5.92. The minimum atomic E-state index is -4.41. The monoisotopic (exact) mass is 303 g/mol. The molecule has 0 aliphatic rings. The van der Waals surface area contributed by atoms with Crippen molar-refractivity contribution in [1.29, 1.82) is 0 Å². The number of hydrogen-bond donors (Lipinski definition) is 2. The molecule has 0 aliphatic carbocycles. The second-order valence-electron chi connectivity index (χ2n) is 6.00. The smallest absolute Gasteiger partial charge is 0.393 e. The van der Waals surface area contributed by atoms with Crippen molar-refractivity contribution in [2.45, 2.75) is 39.5 Å². The van der Waals surface area contributed by atoms with Crippen molar-refractivity contribution in [3.8, 4) is 0 Å². The first-order chi connectivity index (χ1) is 9.51. The highest BCUT2D eigenvalue weighted by Crippen LogP contribution is 2.29. The molecule has 0 saturated carbocycles. The average Bonchev–Trinajstić information content (AvgIpc) is 2.36. The molecule has 1 aromatic rings. The summed E-state index contributed by atoms with van der Waals surface area (Å²) in [5.74, 6) is -0.454. The quantitative estimate of drug-likeness (QED) is 0.897. The van der Waals surface area contributed by atoms with E-state index >= 15 is 0 Å². The second kappa shape index (κ2) is 6.47. The van der Waals surface area contributed by atoms with Crippen LogP contribution in [0, 0.1) is 5.41 Å². The Kier molecular flexibility index (Phi) is 5.39. The predicted molar refractivity (Wildman–Crippen MR) is 73.9 cm³/mol. The molecule has 0 heterocycles. The number of hydrogen-bond acceptors (Lipinski definition) is 2. The minimum Gasteiger partial charge on any atom is -0.393 e. The Labute approximate surface area is 122 Å². The summed E-state index contributed by atoms with van der Waals surface area (Å²) >= 11 is 0. The summed E-state index contributed by atoms with van der Waals surface area (Å²) in [6, 6.07) is 4.02. The molecule has 118 valence electrons. The SMILES string of the molecule is CC(C)(C)C(O)CCNC(=O)c1ccc(C(F)(F)F)cc1. The third kappa shape index (κ3) is 5.38. The van der Waals surface area contributed by atoms with Crippen LogP contribution >= 0.6 is 0 Å². The Hall–Kier alpha value is -1.56. The van der Waals surface area contributed by atoms with Crippen molar-refractivity contribution in [3.63, 3.8) is 0 Å². The molecule has 1 unspecified atom stereocenters. The normalized spacial score (nSPS) is 13.9. The molecule has 1 rings (SSSR count). The highest BCUT2D eigenvalue weighted by Gasteiger charge is 2.30. The van der Waals surface area contributed by atoms with E-state index in [9.17, 15) is 23.1 Å². The molecular weight excluding hydrogens is 283 g/mol. The number of nitrogens with one attached hydrogen (secondary N) is 1. The Balaban J connectivity index is 2.53. The van der Waals surface area contributed by atoms with Crippen LogP contribution < -0.4 is 5.32 Å². The number of aliphatic hydroxyl groups excluding tert-OH is 1. The van der Waals surface area contributed by atoms with Gasteiger partial charge in [0.1, 0.15) is 0 Å². The van der Waals surface area contributed by atoms with Gasteiger partial charge in [-0.1, -0.05) is 20.8 Å².